The molecular formula is C29H23F8N3O2. The van der Waals surface area contributed by atoms with Crippen LogP contribution in [0, 0.1) is 11.6 Å². The summed E-state index contributed by atoms with van der Waals surface area (Å²) in [6.07, 6.45) is -11.2. The van der Waals surface area contributed by atoms with E-state index in [0.717, 1.165) is 11.5 Å². The molecule has 3 N–H and O–H groups in total. The number of fused-ring (bicyclic) bond motifs is 2. The van der Waals surface area contributed by atoms with Crippen molar-refractivity contribution in [2.45, 2.75) is 50.7 Å². The molecule has 0 spiro atoms. The van der Waals surface area contributed by atoms with Crippen LogP contribution in [0.15, 0.2) is 54.7 Å². The fourth-order valence-corrected chi connectivity index (χ4v) is 5.46. The summed E-state index contributed by atoms with van der Waals surface area (Å²) >= 11 is 0. The maximum atomic E-state index is 16.1. The van der Waals surface area contributed by atoms with Gasteiger partial charge >= 0.3 is 18.4 Å². The van der Waals surface area contributed by atoms with Crippen LogP contribution in [-0.4, -0.2) is 22.7 Å². The molecule has 0 saturated carbocycles. The van der Waals surface area contributed by atoms with E-state index >= 15 is 8.78 Å². The van der Waals surface area contributed by atoms with Crippen LogP contribution in [0.1, 0.15) is 43.4 Å². The van der Waals surface area contributed by atoms with Crippen molar-refractivity contribution in [1.82, 2.24) is 4.98 Å². The molecule has 1 aliphatic heterocycles. The molecule has 2 atom stereocenters. The number of amides is 1. The van der Waals surface area contributed by atoms with Crippen molar-refractivity contribution in [3.05, 3.63) is 83.1 Å². The first-order valence-electron chi connectivity index (χ1n) is 12.6. The summed E-state index contributed by atoms with van der Waals surface area (Å²) in [5.74, 6) is -2.67. The molecule has 1 aromatic heterocycles. The van der Waals surface area contributed by atoms with Crippen molar-refractivity contribution in [2.24, 2.45) is 0 Å². The predicted molar refractivity (Wildman–Crippen MR) is 140 cm³/mol. The number of hydrogen-bond acceptors (Lipinski definition) is 3. The third-order valence-electron chi connectivity index (χ3n) is 7.26. The van der Waals surface area contributed by atoms with E-state index in [1.165, 1.54) is 6.92 Å². The van der Waals surface area contributed by atoms with Gasteiger partial charge in [0.15, 0.2) is 0 Å². The van der Waals surface area contributed by atoms with E-state index in [9.17, 15) is 31.1 Å². The number of para-hydroxylation sites is 1. The number of rotatable bonds is 3. The number of H-pyrrole nitrogens is 1. The van der Waals surface area contributed by atoms with Gasteiger partial charge in [-0.1, -0.05) is 25.1 Å². The minimum Gasteiger partial charge on any atom is -0.443 e. The molecule has 13 heteroatoms. The number of nitrogens with one attached hydrogen (secondary N) is 3. The summed E-state index contributed by atoms with van der Waals surface area (Å²) in [6.45, 7) is 4.66. The van der Waals surface area contributed by atoms with Gasteiger partial charge in [0.25, 0.3) is 0 Å². The molecule has 0 saturated heterocycles. The van der Waals surface area contributed by atoms with Gasteiger partial charge in [0.1, 0.15) is 17.7 Å². The summed E-state index contributed by atoms with van der Waals surface area (Å²) in [5.41, 5.74) is -4.66. The van der Waals surface area contributed by atoms with Crippen LogP contribution in [0.4, 0.5) is 51.3 Å². The molecule has 4 aromatic rings. The van der Waals surface area contributed by atoms with Crippen molar-refractivity contribution in [2.75, 3.05) is 10.6 Å². The minimum atomic E-state index is -5.12. The van der Waals surface area contributed by atoms with E-state index in [2.05, 4.69) is 10.3 Å². The molecule has 0 aliphatic carbocycles. The number of benzene rings is 3. The molecule has 42 heavy (non-hydrogen) atoms. The largest absolute Gasteiger partial charge is 0.443 e. The molecule has 1 aliphatic rings. The van der Waals surface area contributed by atoms with Crippen molar-refractivity contribution < 1.29 is 44.7 Å². The summed E-state index contributed by atoms with van der Waals surface area (Å²) in [6, 6.07) is 8.43. The maximum absolute atomic E-state index is 16.1. The number of hydrogen-bond donors (Lipinski definition) is 3. The van der Waals surface area contributed by atoms with E-state index in [1.54, 1.807) is 44.3 Å². The van der Waals surface area contributed by atoms with Gasteiger partial charge in [-0.05, 0) is 49.6 Å². The Morgan fingerprint density at radius 1 is 0.952 bits per heavy atom. The molecule has 2 unspecified atom stereocenters. The highest BCUT2D eigenvalue weighted by Gasteiger charge is 2.45. The predicted octanol–water partition coefficient (Wildman–Crippen LogP) is 9.08. The van der Waals surface area contributed by atoms with Gasteiger partial charge in [-0.25, -0.2) is 13.6 Å². The summed E-state index contributed by atoms with van der Waals surface area (Å²) in [5, 5.41) is 5.59. The number of anilines is 2. The van der Waals surface area contributed by atoms with E-state index in [1.807, 2.05) is 5.32 Å². The molecule has 3 aromatic carbocycles. The lowest BCUT2D eigenvalue weighted by Gasteiger charge is -2.44. The number of halogens is 8. The number of carbonyl (C=O) groups excluding carboxylic acids is 1. The Labute approximate surface area is 233 Å². The Hall–Kier alpha value is -4.29. The third-order valence-corrected chi connectivity index (χ3v) is 7.26. The normalized spacial score (nSPS) is 18.4. The highest BCUT2D eigenvalue weighted by molar-refractivity contribution is 5.95. The zero-order valence-corrected chi connectivity index (χ0v) is 22.2. The number of aromatic nitrogens is 1. The van der Waals surface area contributed by atoms with E-state index in [-0.39, 0.29) is 28.4 Å². The van der Waals surface area contributed by atoms with Gasteiger partial charge in [0.05, 0.1) is 27.7 Å². The lowest BCUT2D eigenvalue weighted by atomic mass is 9.77. The molecule has 2 heterocycles. The Balaban J connectivity index is 1.49. The van der Waals surface area contributed by atoms with Crippen molar-refractivity contribution in [3.8, 4) is 11.1 Å². The molecule has 0 bridgehead atoms. The topological polar surface area (TPSA) is 66.1 Å². The second kappa shape index (κ2) is 9.92. The first-order chi connectivity index (χ1) is 19.5. The van der Waals surface area contributed by atoms with Gasteiger partial charge in [0, 0.05) is 34.6 Å². The fraction of sp³-hybridized carbons (Fsp3) is 0.276. The monoisotopic (exact) mass is 597 g/mol. The minimum absolute atomic E-state index is 0.00879. The fourth-order valence-electron chi connectivity index (χ4n) is 5.46. The third kappa shape index (κ3) is 5.23. The second-order valence-corrected chi connectivity index (χ2v) is 10.6. The maximum Gasteiger partial charge on any atom is 0.416 e. The van der Waals surface area contributed by atoms with Crippen molar-refractivity contribution in [3.63, 3.8) is 0 Å². The zero-order valence-electron chi connectivity index (χ0n) is 22.2. The molecule has 222 valence electrons. The van der Waals surface area contributed by atoms with Crippen LogP contribution in [0.3, 0.4) is 0 Å². The zero-order chi connectivity index (χ0) is 30.8. The SMILES string of the molecule is CC1c2c(cc(F)c(-c3cccc4cc[nH]c34)c2F)NC(C)(C)C1OC(=O)Nc1cc(C(F)(F)F)cc(C(F)(F)F)c1. The summed E-state index contributed by atoms with van der Waals surface area (Å²) in [4.78, 5) is 15.8. The van der Waals surface area contributed by atoms with Crippen LogP contribution in [0.5, 0.6) is 0 Å². The molecule has 1 amide bonds. The molecule has 0 fully saturated rings. The molecule has 5 nitrogen and oxygen atoms in total. The molecule has 5 rings (SSSR count). The van der Waals surface area contributed by atoms with Crippen molar-refractivity contribution in [1.29, 1.82) is 0 Å². The van der Waals surface area contributed by atoms with E-state index in [0.29, 0.717) is 17.6 Å². The Kier molecular flexibility index (Phi) is 6.90. The van der Waals surface area contributed by atoms with Crippen LogP contribution >= 0.6 is 0 Å². The van der Waals surface area contributed by atoms with E-state index in [4.69, 9.17) is 4.74 Å². The summed E-state index contributed by atoms with van der Waals surface area (Å²) in [7, 11) is 0. The van der Waals surface area contributed by atoms with Gasteiger partial charge in [-0.2, -0.15) is 26.3 Å². The number of aromatic amines is 1. The van der Waals surface area contributed by atoms with Gasteiger partial charge in [-0.15, -0.1) is 0 Å². The summed E-state index contributed by atoms with van der Waals surface area (Å²) < 4.78 is 116. The smallest absolute Gasteiger partial charge is 0.416 e. The van der Waals surface area contributed by atoms with Crippen molar-refractivity contribution >= 4 is 28.4 Å². The quantitative estimate of drug-likeness (QED) is 0.207. The van der Waals surface area contributed by atoms with E-state index < -0.39 is 64.5 Å². The van der Waals surface area contributed by atoms with Gasteiger partial charge in [0.2, 0.25) is 0 Å². The van der Waals surface area contributed by atoms with Crippen LogP contribution in [0.25, 0.3) is 22.0 Å². The standard InChI is InChI=1S/C29H23F8N3O2/c1-13-21-20(12-19(30)22(23(21)31)18-6-4-5-14-7-8-38-24(14)18)40-27(2,3)25(13)42-26(41)39-17-10-15(28(32,33)34)9-16(11-17)29(35,36)37/h4-13,25,38,40H,1-3H3,(H,39,41). The van der Waals surface area contributed by atoms with Gasteiger partial charge < -0.3 is 15.0 Å². The number of carbonyl (C=O) groups is 1. The number of alkyl halides is 6. The molecule has 0 radical (unpaired) electrons. The highest BCUT2D eigenvalue weighted by Crippen LogP contribution is 2.46. The molecular weight excluding hydrogens is 574 g/mol. The first kappa shape index (κ1) is 29.2. The highest BCUT2D eigenvalue weighted by atomic mass is 19.4. The average molecular weight is 598 g/mol. The number of ether oxygens (including phenoxy) is 1. The average Bonchev–Trinajstić information content (AvgIpc) is 3.34. The second-order valence-electron chi connectivity index (χ2n) is 10.6. The van der Waals surface area contributed by atoms with Crippen LogP contribution in [0.2, 0.25) is 0 Å². The Morgan fingerprint density at radius 2 is 1.60 bits per heavy atom. The lowest BCUT2D eigenvalue weighted by Crippen LogP contribution is -2.52. The van der Waals surface area contributed by atoms with Crippen LogP contribution < -0.4 is 10.6 Å². The van der Waals surface area contributed by atoms with Crippen LogP contribution in [-0.2, 0) is 17.1 Å². The van der Waals surface area contributed by atoms with Gasteiger partial charge in [-0.3, -0.25) is 5.32 Å². The first-order valence-corrected chi connectivity index (χ1v) is 12.6. The lowest BCUT2D eigenvalue weighted by molar-refractivity contribution is -0.143. The Bertz CT molecular complexity index is 1660. The Morgan fingerprint density at radius 3 is 2.21 bits per heavy atom.